The lowest BCUT2D eigenvalue weighted by atomic mass is 9.93. The number of piperidine rings is 1. The molecule has 2 aromatic rings. The number of rotatable bonds is 1. The van der Waals surface area contributed by atoms with Crippen molar-refractivity contribution in [1.29, 1.82) is 0 Å². The molecule has 2 unspecified atom stereocenters. The Kier molecular flexibility index (Phi) is 3.40. The molecule has 1 fully saturated rings. The molecule has 0 amide bonds. The van der Waals surface area contributed by atoms with Gasteiger partial charge in [0.05, 0.1) is 11.6 Å². The minimum Gasteiger partial charge on any atom is -0.367 e. The summed E-state index contributed by atoms with van der Waals surface area (Å²) in [5, 5.41) is 0. The summed E-state index contributed by atoms with van der Waals surface area (Å²) in [7, 11) is 0. The topological polar surface area (TPSA) is 67.9 Å². The summed E-state index contributed by atoms with van der Waals surface area (Å²) < 4.78 is 39.0. The van der Waals surface area contributed by atoms with Gasteiger partial charge in [-0.1, -0.05) is 0 Å². The highest BCUT2D eigenvalue weighted by Gasteiger charge is 2.44. The molecule has 3 heterocycles. The third-order valence-corrected chi connectivity index (χ3v) is 3.64. The average Bonchev–Trinajstić information content (AvgIpc) is 2.45. The summed E-state index contributed by atoms with van der Waals surface area (Å²) in [4.78, 5) is 13.9. The second-order valence-electron chi connectivity index (χ2n) is 5.20. The molecular weight excluding hydrogens is 283 g/mol. The maximum absolute atomic E-state index is 13.0. The molecule has 2 atom stereocenters. The smallest absolute Gasteiger partial charge is 0.367 e. The van der Waals surface area contributed by atoms with E-state index in [0.717, 1.165) is 0 Å². The zero-order valence-corrected chi connectivity index (χ0v) is 11.1. The van der Waals surface area contributed by atoms with Gasteiger partial charge >= 0.3 is 6.18 Å². The Morgan fingerprint density at radius 1 is 1.10 bits per heavy atom. The first kappa shape index (κ1) is 14.0. The van der Waals surface area contributed by atoms with Crippen molar-refractivity contribution >= 4 is 16.9 Å². The number of aromatic nitrogens is 3. The number of anilines is 1. The molecule has 0 aliphatic carbocycles. The van der Waals surface area contributed by atoms with Crippen LogP contribution in [0.1, 0.15) is 6.42 Å². The van der Waals surface area contributed by atoms with Crippen LogP contribution in [0.2, 0.25) is 0 Å². The molecule has 2 aromatic heterocycles. The molecule has 5 nitrogen and oxygen atoms in total. The molecule has 3 rings (SSSR count). The highest BCUT2D eigenvalue weighted by atomic mass is 19.4. The molecule has 0 bridgehead atoms. The number of hydrogen-bond donors (Lipinski definition) is 1. The van der Waals surface area contributed by atoms with Gasteiger partial charge in [0.25, 0.3) is 0 Å². The molecule has 1 aliphatic rings. The van der Waals surface area contributed by atoms with Crippen LogP contribution in [0.5, 0.6) is 0 Å². The molecule has 2 N–H and O–H groups in total. The molecule has 21 heavy (non-hydrogen) atoms. The number of alkyl halides is 3. The van der Waals surface area contributed by atoms with Crippen LogP contribution < -0.4 is 10.6 Å². The molecule has 112 valence electrons. The summed E-state index contributed by atoms with van der Waals surface area (Å²) in [6.07, 6.45) is 0.229. The van der Waals surface area contributed by atoms with Crippen molar-refractivity contribution in [2.75, 3.05) is 18.0 Å². The number of hydrogen-bond acceptors (Lipinski definition) is 5. The van der Waals surface area contributed by atoms with E-state index in [1.807, 2.05) is 0 Å². The van der Waals surface area contributed by atoms with Crippen molar-refractivity contribution < 1.29 is 13.2 Å². The average molecular weight is 297 g/mol. The van der Waals surface area contributed by atoms with E-state index in [-0.39, 0.29) is 13.0 Å². The molecular formula is C13H14F3N5. The SMILES string of the molecule is NC1CC(C(F)(F)F)CN(c2ccnc3nccnc23)C1. The fourth-order valence-corrected chi connectivity index (χ4v) is 2.69. The Hall–Kier alpha value is -1.96. The minimum atomic E-state index is -4.25. The molecule has 0 aromatic carbocycles. The largest absolute Gasteiger partial charge is 0.393 e. The van der Waals surface area contributed by atoms with Gasteiger partial charge in [0.1, 0.15) is 5.52 Å². The molecule has 1 saturated heterocycles. The van der Waals surface area contributed by atoms with Crippen LogP contribution in [0, 0.1) is 5.92 Å². The normalized spacial score (nSPS) is 23.5. The van der Waals surface area contributed by atoms with E-state index in [9.17, 15) is 13.2 Å². The highest BCUT2D eigenvalue weighted by Crippen LogP contribution is 2.35. The van der Waals surface area contributed by atoms with Crippen molar-refractivity contribution in [1.82, 2.24) is 15.0 Å². The van der Waals surface area contributed by atoms with Crippen molar-refractivity contribution in [3.8, 4) is 0 Å². The first-order valence-corrected chi connectivity index (χ1v) is 6.58. The van der Waals surface area contributed by atoms with Gasteiger partial charge in [0.15, 0.2) is 5.65 Å². The third-order valence-electron chi connectivity index (χ3n) is 3.64. The number of halogens is 3. The van der Waals surface area contributed by atoms with Crippen LogP contribution >= 0.6 is 0 Å². The Balaban J connectivity index is 1.98. The van der Waals surface area contributed by atoms with Crippen LogP contribution in [-0.2, 0) is 0 Å². The minimum absolute atomic E-state index is 0.0469. The lowest BCUT2D eigenvalue weighted by Gasteiger charge is -2.38. The molecule has 0 saturated carbocycles. The van der Waals surface area contributed by atoms with Gasteiger partial charge in [0.2, 0.25) is 0 Å². The quantitative estimate of drug-likeness (QED) is 0.868. The van der Waals surface area contributed by atoms with E-state index < -0.39 is 18.1 Å². The summed E-state index contributed by atoms with van der Waals surface area (Å²) in [6.45, 7) is 0.245. The van der Waals surface area contributed by atoms with Crippen LogP contribution in [0.3, 0.4) is 0 Å². The zero-order valence-electron chi connectivity index (χ0n) is 11.1. The van der Waals surface area contributed by atoms with Gasteiger partial charge < -0.3 is 10.6 Å². The Bertz CT molecular complexity index is 640. The van der Waals surface area contributed by atoms with Gasteiger partial charge in [-0.05, 0) is 12.5 Å². The van der Waals surface area contributed by atoms with Crippen molar-refractivity contribution in [3.63, 3.8) is 0 Å². The van der Waals surface area contributed by atoms with Crippen molar-refractivity contribution in [2.24, 2.45) is 11.7 Å². The van der Waals surface area contributed by atoms with Gasteiger partial charge in [0, 0.05) is 37.7 Å². The second kappa shape index (κ2) is 5.10. The number of pyridine rings is 1. The number of nitrogens with two attached hydrogens (primary N) is 1. The monoisotopic (exact) mass is 297 g/mol. The highest BCUT2D eigenvalue weighted by molar-refractivity contribution is 5.85. The van der Waals surface area contributed by atoms with Gasteiger partial charge in [-0.2, -0.15) is 13.2 Å². The fraction of sp³-hybridized carbons (Fsp3) is 0.462. The fourth-order valence-electron chi connectivity index (χ4n) is 2.69. The molecule has 1 aliphatic heterocycles. The van der Waals surface area contributed by atoms with Crippen molar-refractivity contribution in [2.45, 2.75) is 18.6 Å². The lowest BCUT2D eigenvalue weighted by Crippen LogP contribution is -2.51. The third kappa shape index (κ3) is 2.76. The van der Waals surface area contributed by atoms with E-state index in [4.69, 9.17) is 5.73 Å². The lowest BCUT2D eigenvalue weighted by molar-refractivity contribution is -0.177. The Morgan fingerprint density at radius 3 is 2.57 bits per heavy atom. The maximum atomic E-state index is 13.0. The van der Waals surface area contributed by atoms with Crippen LogP contribution in [0.15, 0.2) is 24.7 Å². The van der Waals surface area contributed by atoms with E-state index in [2.05, 4.69) is 15.0 Å². The summed E-state index contributed by atoms with van der Waals surface area (Å²) in [5.41, 5.74) is 7.31. The summed E-state index contributed by atoms with van der Waals surface area (Å²) in [6, 6.07) is 1.13. The van der Waals surface area contributed by atoms with Crippen molar-refractivity contribution in [3.05, 3.63) is 24.7 Å². The summed E-state index contributed by atoms with van der Waals surface area (Å²) >= 11 is 0. The number of fused-ring (bicyclic) bond motifs is 1. The molecule has 0 radical (unpaired) electrons. The zero-order chi connectivity index (χ0) is 15.0. The standard InChI is InChI=1S/C13H14F3N5/c14-13(15,16)8-5-9(17)7-21(6-8)10-1-2-19-12-11(10)18-3-4-20-12/h1-4,8-9H,5-7,17H2. The van der Waals surface area contributed by atoms with Gasteiger partial charge in [-0.3, -0.25) is 0 Å². The summed E-state index contributed by atoms with van der Waals surface area (Å²) in [5.74, 6) is -1.43. The molecule has 0 spiro atoms. The maximum Gasteiger partial charge on any atom is 0.393 e. The predicted octanol–water partition coefficient (Wildman–Crippen LogP) is 1.74. The second-order valence-corrected chi connectivity index (χ2v) is 5.20. The predicted molar refractivity (Wildman–Crippen MR) is 71.7 cm³/mol. The Labute approximate surface area is 119 Å². The van der Waals surface area contributed by atoms with Crippen LogP contribution in [0.4, 0.5) is 18.9 Å². The first-order chi connectivity index (χ1) is 9.95. The van der Waals surface area contributed by atoms with E-state index >= 15 is 0 Å². The van der Waals surface area contributed by atoms with Crippen LogP contribution in [0.25, 0.3) is 11.2 Å². The van der Waals surface area contributed by atoms with Crippen LogP contribution in [-0.4, -0.2) is 40.3 Å². The Morgan fingerprint density at radius 2 is 1.81 bits per heavy atom. The van der Waals surface area contributed by atoms with E-state index in [1.165, 1.54) is 18.6 Å². The number of nitrogens with zero attached hydrogens (tertiary/aromatic N) is 4. The molecule has 8 heteroatoms. The van der Waals surface area contributed by atoms with E-state index in [0.29, 0.717) is 23.4 Å². The van der Waals surface area contributed by atoms with E-state index in [1.54, 1.807) is 11.0 Å². The van der Waals surface area contributed by atoms with Gasteiger partial charge in [-0.15, -0.1) is 0 Å². The van der Waals surface area contributed by atoms with Gasteiger partial charge in [-0.25, -0.2) is 15.0 Å². The first-order valence-electron chi connectivity index (χ1n) is 6.58.